The second-order valence-corrected chi connectivity index (χ2v) is 5.19. The van der Waals surface area contributed by atoms with Gasteiger partial charge in [0.15, 0.2) is 7.28 Å². The molecule has 1 fully saturated rings. The highest BCUT2D eigenvalue weighted by Gasteiger charge is 2.31. The number of hydrogen-bond acceptors (Lipinski definition) is 0. The van der Waals surface area contributed by atoms with Crippen LogP contribution in [0.3, 0.4) is 0 Å². The molecule has 0 heterocycles. The van der Waals surface area contributed by atoms with Crippen molar-refractivity contribution in [2.24, 2.45) is 5.92 Å². The molecule has 0 nitrogen and oxygen atoms in total. The Hall–Kier alpha value is -0.195. The molecular formula is C13H25B. The van der Waals surface area contributed by atoms with Gasteiger partial charge < -0.3 is 0 Å². The molecule has 0 amide bonds. The molecule has 0 bridgehead atoms. The third-order valence-electron chi connectivity index (χ3n) is 4.26. The van der Waals surface area contributed by atoms with Gasteiger partial charge in [0.2, 0.25) is 0 Å². The summed E-state index contributed by atoms with van der Waals surface area (Å²) in [6, 6.07) is 0. The zero-order chi connectivity index (χ0) is 10.4. The fourth-order valence-electron chi connectivity index (χ4n) is 2.91. The second kappa shape index (κ2) is 5.63. The lowest BCUT2D eigenvalue weighted by atomic mass is 9.46. The van der Waals surface area contributed by atoms with E-state index in [0.29, 0.717) is 5.31 Å². The minimum Gasteiger partial charge on any atom is -0.126 e. The van der Waals surface area contributed by atoms with Crippen molar-refractivity contribution in [2.75, 3.05) is 0 Å². The predicted molar refractivity (Wildman–Crippen MR) is 67.2 cm³/mol. The highest BCUT2D eigenvalue weighted by Crippen LogP contribution is 2.45. The maximum Gasteiger partial charge on any atom is 0.153 e. The molecule has 0 aromatic heterocycles. The van der Waals surface area contributed by atoms with E-state index in [4.69, 9.17) is 0 Å². The van der Waals surface area contributed by atoms with Gasteiger partial charge in [-0.05, 0) is 5.92 Å². The van der Waals surface area contributed by atoms with E-state index in [9.17, 15) is 0 Å². The highest BCUT2D eigenvalue weighted by molar-refractivity contribution is 6.46. The Kier molecular flexibility index (Phi) is 4.78. The molecule has 1 unspecified atom stereocenters. The molecule has 0 saturated heterocycles. The van der Waals surface area contributed by atoms with E-state index in [1.54, 1.807) is 0 Å². The summed E-state index contributed by atoms with van der Waals surface area (Å²) in [5, 5.41) is 0.534. The van der Waals surface area contributed by atoms with E-state index in [0.717, 1.165) is 5.92 Å². The van der Waals surface area contributed by atoms with Crippen molar-refractivity contribution in [2.45, 2.75) is 64.1 Å². The SMILES string of the molecule is C=CBC(C)(CC)C1CCCCCC1. The lowest BCUT2D eigenvalue weighted by molar-refractivity contribution is 0.328. The van der Waals surface area contributed by atoms with Crippen LogP contribution in [0.15, 0.2) is 12.6 Å². The molecule has 80 valence electrons. The molecule has 1 saturated carbocycles. The van der Waals surface area contributed by atoms with Crippen LogP contribution >= 0.6 is 0 Å². The summed E-state index contributed by atoms with van der Waals surface area (Å²) in [6.45, 7) is 8.72. The van der Waals surface area contributed by atoms with E-state index in [-0.39, 0.29) is 0 Å². The third kappa shape index (κ3) is 2.90. The summed E-state index contributed by atoms with van der Waals surface area (Å²) in [5.41, 5.74) is 0. The van der Waals surface area contributed by atoms with Gasteiger partial charge in [-0.3, -0.25) is 0 Å². The predicted octanol–water partition coefficient (Wildman–Crippen LogP) is 4.13. The minimum absolute atomic E-state index is 0.534. The summed E-state index contributed by atoms with van der Waals surface area (Å²) >= 11 is 0. The Labute approximate surface area is 90.4 Å². The van der Waals surface area contributed by atoms with Crippen molar-refractivity contribution < 1.29 is 0 Å². The average molecular weight is 192 g/mol. The lowest BCUT2D eigenvalue weighted by Crippen LogP contribution is -2.25. The first-order valence-corrected chi connectivity index (χ1v) is 6.34. The van der Waals surface area contributed by atoms with Gasteiger partial charge in [-0.1, -0.05) is 64.1 Å². The summed E-state index contributed by atoms with van der Waals surface area (Å²) in [5.74, 6) is 3.07. The fraction of sp³-hybridized carbons (Fsp3) is 0.846. The number of hydrogen-bond donors (Lipinski definition) is 0. The molecule has 0 aliphatic heterocycles. The lowest BCUT2D eigenvalue weighted by Gasteiger charge is -2.35. The van der Waals surface area contributed by atoms with Crippen LogP contribution in [0, 0.1) is 5.92 Å². The topological polar surface area (TPSA) is 0 Å². The van der Waals surface area contributed by atoms with Crippen LogP contribution in [0.2, 0.25) is 5.31 Å². The van der Waals surface area contributed by atoms with Crippen LogP contribution in [0.5, 0.6) is 0 Å². The van der Waals surface area contributed by atoms with Crippen LogP contribution in [-0.4, -0.2) is 7.28 Å². The standard InChI is InChI=1S/C13H25B/c1-4-13(3,14-5-2)12-10-8-6-7-9-11-12/h5,12,14H,2,4,6-11H2,1,3H3. The molecule has 0 N–H and O–H groups in total. The van der Waals surface area contributed by atoms with Crippen LogP contribution in [0.25, 0.3) is 0 Å². The van der Waals surface area contributed by atoms with Gasteiger partial charge >= 0.3 is 0 Å². The van der Waals surface area contributed by atoms with Gasteiger partial charge in [-0.25, -0.2) is 0 Å². The Morgan fingerprint density at radius 2 is 1.86 bits per heavy atom. The fourth-order valence-corrected chi connectivity index (χ4v) is 2.91. The van der Waals surface area contributed by atoms with Crippen molar-refractivity contribution in [3.05, 3.63) is 12.6 Å². The summed E-state index contributed by atoms with van der Waals surface area (Å²) in [7, 11) is 1.20. The van der Waals surface area contributed by atoms with Crippen LogP contribution in [0.4, 0.5) is 0 Å². The van der Waals surface area contributed by atoms with Gasteiger partial charge in [-0.15, -0.1) is 12.6 Å². The van der Waals surface area contributed by atoms with Crippen molar-refractivity contribution in [3.8, 4) is 0 Å². The van der Waals surface area contributed by atoms with Gasteiger partial charge in [-0.2, -0.15) is 0 Å². The molecule has 1 aliphatic carbocycles. The van der Waals surface area contributed by atoms with Crippen LogP contribution < -0.4 is 0 Å². The normalized spacial score (nSPS) is 23.6. The largest absolute Gasteiger partial charge is 0.153 e. The van der Waals surface area contributed by atoms with Gasteiger partial charge in [0.25, 0.3) is 0 Å². The molecule has 0 radical (unpaired) electrons. The quantitative estimate of drug-likeness (QED) is 0.464. The summed E-state index contributed by atoms with van der Waals surface area (Å²) in [4.78, 5) is 0. The third-order valence-corrected chi connectivity index (χ3v) is 4.26. The Morgan fingerprint density at radius 1 is 1.29 bits per heavy atom. The molecular weight excluding hydrogens is 167 g/mol. The summed E-state index contributed by atoms with van der Waals surface area (Å²) in [6.07, 6.45) is 10.1. The van der Waals surface area contributed by atoms with Crippen molar-refractivity contribution in [1.29, 1.82) is 0 Å². The second-order valence-electron chi connectivity index (χ2n) is 5.19. The van der Waals surface area contributed by atoms with E-state index >= 15 is 0 Å². The van der Waals surface area contributed by atoms with Gasteiger partial charge in [0.1, 0.15) is 0 Å². The first-order chi connectivity index (χ1) is 6.73. The highest BCUT2D eigenvalue weighted by atomic mass is 14.3. The zero-order valence-corrected chi connectivity index (χ0v) is 10.0. The smallest absolute Gasteiger partial charge is 0.126 e. The van der Waals surface area contributed by atoms with E-state index in [1.165, 1.54) is 52.2 Å². The summed E-state index contributed by atoms with van der Waals surface area (Å²) < 4.78 is 0. The van der Waals surface area contributed by atoms with Crippen LogP contribution in [0.1, 0.15) is 58.8 Å². The molecule has 1 atom stereocenters. The Bertz CT molecular complexity index is 168. The van der Waals surface area contributed by atoms with Crippen LogP contribution in [-0.2, 0) is 0 Å². The van der Waals surface area contributed by atoms with Gasteiger partial charge in [0.05, 0.1) is 0 Å². The Balaban J connectivity index is 2.60. The molecule has 14 heavy (non-hydrogen) atoms. The average Bonchev–Trinajstić information content (AvgIpc) is 2.46. The van der Waals surface area contributed by atoms with E-state index < -0.39 is 0 Å². The Morgan fingerprint density at radius 3 is 2.29 bits per heavy atom. The number of rotatable bonds is 4. The maximum atomic E-state index is 3.91. The van der Waals surface area contributed by atoms with Crippen molar-refractivity contribution in [3.63, 3.8) is 0 Å². The van der Waals surface area contributed by atoms with E-state index in [2.05, 4.69) is 26.4 Å². The zero-order valence-electron chi connectivity index (χ0n) is 10.0. The van der Waals surface area contributed by atoms with Crippen molar-refractivity contribution >= 4 is 7.28 Å². The first-order valence-electron chi connectivity index (χ1n) is 6.34. The molecule has 1 heteroatoms. The maximum absolute atomic E-state index is 3.91. The van der Waals surface area contributed by atoms with Crippen molar-refractivity contribution in [1.82, 2.24) is 0 Å². The monoisotopic (exact) mass is 192 g/mol. The molecule has 1 rings (SSSR count). The molecule has 1 aliphatic rings. The molecule has 0 aromatic rings. The van der Waals surface area contributed by atoms with E-state index in [1.807, 2.05) is 0 Å². The van der Waals surface area contributed by atoms with Gasteiger partial charge in [0, 0.05) is 0 Å². The molecule has 0 aromatic carbocycles. The first kappa shape index (κ1) is 11.9. The molecule has 0 spiro atoms. The minimum atomic E-state index is 0.534.